The Morgan fingerprint density at radius 1 is 0.255 bits per heavy atom. The lowest BCUT2D eigenvalue weighted by molar-refractivity contribution is -0.161. The molecule has 19 heteroatoms. The van der Waals surface area contributed by atoms with E-state index in [0.29, 0.717) is 25.7 Å². The van der Waals surface area contributed by atoms with Gasteiger partial charge in [0, 0.05) is 25.7 Å². The number of rotatable bonds is 86. The predicted molar refractivity (Wildman–Crippen MR) is 437 cm³/mol. The molecule has 0 amide bonds. The number of esters is 4. The van der Waals surface area contributed by atoms with E-state index in [1.807, 2.05) is 0 Å². The highest BCUT2D eigenvalue weighted by molar-refractivity contribution is 7.47. The number of carbonyl (C=O) groups is 4. The van der Waals surface area contributed by atoms with Gasteiger partial charge in [-0.05, 0) is 37.5 Å². The van der Waals surface area contributed by atoms with Crippen LogP contribution in [0.5, 0.6) is 0 Å². The summed E-state index contributed by atoms with van der Waals surface area (Å²) in [6.07, 6.45) is 70.9. The minimum Gasteiger partial charge on any atom is -0.462 e. The van der Waals surface area contributed by atoms with Gasteiger partial charge in [-0.1, -0.05) is 414 Å². The van der Waals surface area contributed by atoms with Crippen LogP contribution in [0, 0.1) is 11.8 Å². The molecule has 17 nitrogen and oxygen atoms in total. The number of hydrogen-bond acceptors (Lipinski definition) is 15. The van der Waals surface area contributed by atoms with Gasteiger partial charge in [0.05, 0.1) is 26.4 Å². The van der Waals surface area contributed by atoms with E-state index in [4.69, 9.17) is 37.0 Å². The lowest BCUT2D eigenvalue weighted by Gasteiger charge is -2.21. The molecule has 0 rings (SSSR count). The Kier molecular flexibility index (Phi) is 76.9. The zero-order chi connectivity index (χ0) is 77.8. The van der Waals surface area contributed by atoms with Crippen molar-refractivity contribution >= 4 is 39.5 Å². The quantitative estimate of drug-likeness (QED) is 0.0222. The molecule has 106 heavy (non-hydrogen) atoms. The molecule has 5 atom stereocenters. The standard InChI is InChI=1S/C87H170O17P2/c1-7-9-11-13-15-17-19-21-23-25-27-28-29-30-32-34-36-38-47-53-59-65-71-86(91)103-82(75-97-84(89)69-63-57-51-45-37-35-33-31-26-24-22-20-18-16-14-12-10-8-2)77-101-105(93,94)99-73-81(88)74-100-106(95,96)102-78-83(104-87(92)72-66-60-54-48-42-40-44-50-56-62-68-80(5)6)76-98-85(90)70-64-58-52-46-41-39-43-49-55-61-67-79(3)4/h79-83,88H,7-78H2,1-6H3,(H,93,94)(H,95,96)/t81-,82-,83-/m1/s1. The molecular formula is C87H170O17P2. The van der Waals surface area contributed by atoms with Crippen LogP contribution in [0.25, 0.3) is 0 Å². The van der Waals surface area contributed by atoms with Crippen LogP contribution in [-0.4, -0.2) is 96.7 Å². The van der Waals surface area contributed by atoms with Crippen molar-refractivity contribution in [1.29, 1.82) is 0 Å². The summed E-state index contributed by atoms with van der Waals surface area (Å²) in [5.41, 5.74) is 0. The molecule has 630 valence electrons. The molecule has 0 saturated heterocycles. The number of aliphatic hydroxyl groups is 1. The summed E-state index contributed by atoms with van der Waals surface area (Å²) >= 11 is 0. The van der Waals surface area contributed by atoms with Crippen LogP contribution in [0.2, 0.25) is 0 Å². The SMILES string of the molecule is CCCCCCCCCCCCCCCCCCCCCCCCC(=O)O[C@H](COC(=O)CCCCCCCCCCCCCCCCCCCC)COP(=O)(O)OC[C@@H](O)COP(=O)(O)OC[C@@H](COC(=O)CCCCCCCCCCCCC(C)C)OC(=O)CCCCCCCCCCCCC(C)C. The largest absolute Gasteiger partial charge is 0.472 e. The zero-order valence-corrected chi connectivity index (χ0v) is 71.5. The van der Waals surface area contributed by atoms with E-state index in [-0.39, 0.29) is 25.7 Å². The third-order valence-electron chi connectivity index (χ3n) is 20.5. The maximum absolute atomic E-state index is 13.2. The van der Waals surface area contributed by atoms with Crippen LogP contribution in [0.4, 0.5) is 0 Å². The smallest absolute Gasteiger partial charge is 0.462 e. The predicted octanol–water partition coefficient (Wildman–Crippen LogP) is 26.6. The second-order valence-corrected chi connectivity index (χ2v) is 35.1. The van der Waals surface area contributed by atoms with Crippen LogP contribution >= 0.6 is 15.6 Å². The van der Waals surface area contributed by atoms with Gasteiger partial charge in [0.1, 0.15) is 19.3 Å². The summed E-state index contributed by atoms with van der Waals surface area (Å²) in [7, 11) is -9.93. The minimum atomic E-state index is -4.97. The average molecular weight is 1550 g/mol. The number of unbranched alkanes of at least 4 members (excludes halogenated alkanes) is 56. The molecule has 0 aliphatic rings. The van der Waals surface area contributed by atoms with Crippen molar-refractivity contribution in [3.05, 3.63) is 0 Å². The zero-order valence-electron chi connectivity index (χ0n) is 69.7. The van der Waals surface area contributed by atoms with Crippen LogP contribution in [0.3, 0.4) is 0 Å². The lowest BCUT2D eigenvalue weighted by Crippen LogP contribution is -2.30. The third kappa shape index (κ3) is 80.1. The molecule has 0 heterocycles. The van der Waals surface area contributed by atoms with Crippen molar-refractivity contribution in [3.8, 4) is 0 Å². The molecule has 3 N–H and O–H groups in total. The first-order chi connectivity index (χ1) is 51.4. The number of ether oxygens (including phenoxy) is 4. The molecule has 0 saturated carbocycles. The Morgan fingerprint density at radius 3 is 0.642 bits per heavy atom. The monoisotopic (exact) mass is 1550 g/mol. The minimum absolute atomic E-state index is 0.106. The van der Waals surface area contributed by atoms with Crippen molar-refractivity contribution in [2.45, 2.75) is 484 Å². The molecular weight excluding hydrogens is 1380 g/mol. The maximum atomic E-state index is 13.2. The van der Waals surface area contributed by atoms with Crippen molar-refractivity contribution in [3.63, 3.8) is 0 Å². The summed E-state index contributed by atoms with van der Waals surface area (Å²) in [5, 5.41) is 10.7. The highest BCUT2D eigenvalue weighted by Gasteiger charge is 2.30. The van der Waals surface area contributed by atoms with E-state index < -0.39 is 97.5 Å². The summed E-state index contributed by atoms with van der Waals surface area (Å²) in [6, 6.07) is 0. The van der Waals surface area contributed by atoms with Gasteiger partial charge in [-0.25, -0.2) is 9.13 Å². The van der Waals surface area contributed by atoms with E-state index in [0.717, 1.165) is 102 Å². The fourth-order valence-corrected chi connectivity index (χ4v) is 15.2. The van der Waals surface area contributed by atoms with Gasteiger partial charge in [0.2, 0.25) is 0 Å². The number of hydrogen-bond donors (Lipinski definition) is 3. The fraction of sp³-hybridized carbons (Fsp3) is 0.954. The van der Waals surface area contributed by atoms with Crippen molar-refractivity contribution < 1.29 is 80.2 Å². The highest BCUT2D eigenvalue weighted by Crippen LogP contribution is 2.45. The topological polar surface area (TPSA) is 237 Å². The average Bonchev–Trinajstić information content (AvgIpc) is 0.900. The Hall–Kier alpha value is -1.94. The number of aliphatic hydroxyl groups excluding tert-OH is 1. The van der Waals surface area contributed by atoms with Gasteiger partial charge in [-0.3, -0.25) is 37.3 Å². The first-order valence-electron chi connectivity index (χ1n) is 45.0. The normalized spacial score (nSPS) is 13.8. The summed E-state index contributed by atoms with van der Waals surface area (Å²) < 4.78 is 68.9. The second-order valence-electron chi connectivity index (χ2n) is 32.2. The number of phosphoric ester groups is 2. The Morgan fingerprint density at radius 2 is 0.434 bits per heavy atom. The van der Waals surface area contributed by atoms with Gasteiger partial charge in [0.15, 0.2) is 12.2 Å². The Balaban J connectivity index is 5.23. The Labute approximate surface area is 651 Å². The third-order valence-corrected chi connectivity index (χ3v) is 22.4. The molecule has 0 aromatic rings. The summed E-state index contributed by atoms with van der Waals surface area (Å²) in [5.74, 6) is -0.592. The first-order valence-corrected chi connectivity index (χ1v) is 48.0. The summed E-state index contributed by atoms with van der Waals surface area (Å²) in [6.45, 7) is 9.66. The molecule has 0 aliphatic carbocycles. The molecule has 0 fully saturated rings. The first kappa shape index (κ1) is 104. The van der Waals surface area contributed by atoms with Crippen LogP contribution < -0.4 is 0 Å². The molecule has 2 unspecified atom stereocenters. The van der Waals surface area contributed by atoms with Crippen molar-refractivity contribution in [2.24, 2.45) is 11.8 Å². The van der Waals surface area contributed by atoms with Crippen LogP contribution in [0.15, 0.2) is 0 Å². The van der Waals surface area contributed by atoms with Crippen LogP contribution in [0.1, 0.15) is 465 Å². The van der Waals surface area contributed by atoms with Crippen molar-refractivity contribution in [2.75, 3.05) is 39.6 Å². The van der Waals surface area contributed by atoms with E-state index in [1.165, 1.54) is 283 Å². The Bertz CT molecular complexity index is 2030. The van der Waals surface area contributed by atoms with Gasteiger partial charge >= 0.3 is 39.5 Å². The maximum Gasteiger partial charge on any atom is 0.472 e. The molecule has 0 aromatic heterocycles. The van der Waals surface area contributed by atoms with E-state index in [1.54, 1.807) is 0 Å². The lowest BCUT2D eigenvalue weighted by atomic mass is 10.0. The molecule has 0 radical (unpaired) electrons. The number of phosphoric acid groups is 2. The van der Waals surface area contributed by atoms with Gasteiger partial charge in [-0.15, -0.1) is 0 Å². The summed E-state index contributed by atoms with van der Waals surface area (Å²) in [4.78, 5) is 73.3. The van der Waals surface area contributed by atoms with E-state index in [2.05, 4.69) is 41.5 Å². The van der Waals surface area contributed by atoms with Gasteiger partial charge in [-0.2, -0.15) is 0 Å². The second kappa shape index (κ2) is 78.3. The molecule has 0 spiro atoms. The molecule has 0 aromatic carbocycles. The van der Waals surface area contributed by atoms with Crippen molar-refractivity contribution in [1.82, 2.24) is 0 Å². The van der Waals surface area contributed by atoms with Gasteiger partial charge in [0.25, 0.3) is 0 Å². The fourth-order valence-electron chi connectivity index (χ4n) is 13.6. The van der Waals surface area contributed by atoms with Gasteiger partial charge < -0.3 is 33.8 Å². The van der Waals surface area contributed by atoms with E-state index >= 15 is 0 Å². The molecule has 0 aliphatic heterocycles. The number of carbonyl (C=O) groups excluding carboxylic acids is 4. The van der Waals surface area contributed by atoms with Crippen LogP contribution in [-0.2, 0) is 65.4 Å². The highest BCUT2D eigenvalue weighted by atomic mass is 31.2. The van der Waals surface area contributed by atoms with E-state index in [9.17, 15) is 43.2 Å². The molecule has 0 bridgehead atoms.